The molecule has 2 fully saturated rings. The van der Waals surface area contributed by atoms with Gasteiger partial charge in [0.25, 0.3) is 11.8 Å². The fourth-order valence-electron chi connectivity index (χ4n) is 8.21. The smallest absolute Gasteiger partial charge is 0.303 e. The molecule has 0 bridgehead atoms. The molecule has 2 amide bonds. The molecule has 0 radical (unpaired) electrons. The van der Waals surface area contributed by atoms with Crippen molar-refractivity contribution in [2.45, 2.75) is 88.4 Å². The number of hydrogen-bond donors (Lipinski definition) is 0. The number of hydrogen-bond acceptors (Lipinski definition) is 15. The minimum absolute atomic E-state index is 0.0333. The van der Waals surface area contributed by atoms with Crippen molar-refractivity contribution in [2.75, 3.05) is 33.5 Å². The summed E-state index contributed by atoms with van der Waals surface area (Å²) in [5, 5.41) is 0. The van der Waals surface area contributed by atoms with E-state index in [1.165, 1.54) is 27.0 Å². The van der Waals surface area contributed by atoms with Crippen LogP contribution in [-0.4, -0.2) is 124 Å². The van der Waals surface area contributed by atoms with Crippen molar-refractivity contribution >= 4 is 23.8 Å². The van der Waals surface area contributed by atoms with E-state index in [0.717, 1.165) is 16.0 Å². The molecule has 0 spiro atoms. The summed E-state index contributed by atoms with van der Waals surface area (Å²) in [6.45, 7) is 9.85. The molecule has 16 heteroatoms. The van der Waals surface area contributed by atoms with E-state index in [-0.39, 0.29) is 50.8 Å². The van der Waals surface area contributed by atoms with Gasteiger partial charge in [-0.25, -0.2) is 0 Å². The van der Waals surface area contributed by atoms with E-state index in [1.807, 2.05) is 60.7 Å². The van der Waals surface area contributed by atoms with Crippen LogP contribution in [0.15, 0.2) is 135 Å². The largest absolute Gasteiger partial charge is 0.497 e. The van der Waals surface area contributed by atoms with Gasteiger partial charge in [0.1, 0.15) is 48.1 Å². The molecular weight excluding hydrogens is 867 g/mol. The fraction of sp³-hybridized carbons (Fsp3) is 0.373. The minimum Gasteiger partial charge on any atom is -0.497 e. The Hall–Kier alpha value is -6.24. The molecule has 3 aliphatic heterocycles. The zero-order chi connectivity index (χ0) is 47.3. The fourth-order valence-corrected chi connectivity index (χ4v) is 8.21. The van der Waals surface area contributed by atoms with Gasteiger partial charge in [-0.1, -0.05) is 84.9 Å². The molecule has 10 atom stereocenters. The van der Waals surface area contributed by atoms with Crippen LogP contribution in [0.4, 0.5) is 0 Å². The van der Waals surface area contributed by atoms with Gasteiger partial charge < -0.3 is 52.1 Å². The summed E-state index contributed by atoms with van der Waals surface area (Å²) in [5.41, 5.74) is 1.98. The Balaban J connectivity index is 1.37. The van der Waals surface area contributed by atoms with Gasteiger partial charge in [-0.2, -0.15) is 0 Å². The summed E-state index contributed by atoms with van der Waals surface area (Å²) >= 11 is 0. The van der Waals surface area contributed by atoms with Crippen molar-refractivity contribution < 1.29 is 71.3 Å². The Kier molecular flexibility index (Phi) is 17.1. The van der Waals surface area contributed by atoms with Crippen LogP contribution in [0.1, 0.15) is 45.7 Å². The van der Waals surface area contributed by atoms with Gasteiger partial charge in [0.2, 0.25) is 6.29 Å². The zero-order valence-electron chi connectivity index (χ0n) is 37.5. The van der Waals surface area contributed by atoms with Crippen molar-refractivity contribution in [1.29, 1.82) is 0 Å². The van der Waals surface area contributed by atoms with Crippen LogP contribution in [0.5, 0.6) is 11.5 Å². The molecule has 67 heavy (non-hydrogen) atoms. The Morgan fingerprint density at radius 2 is 1.13 bits per heavy atom. The minimum atomic E-state index is -1.52. The highest BCUT2D eigenvalue weighted by Gasteiger charge is 2.59. The SMILES string of the molecule is C=CCOC[C@H]1O[C@@H](O[C@H]2[C@H](OCc3ccccc3)[C@@H](N3C(=O)c4ccccc4C3=O)[C@H](Oc3ccc(OC)cc3)O[C@@H]2COCc2ccccc2)[C@H](OC(C)=O)[C@@H](OCC=C)[C@H]1OC(C)=O. The van der Waals surface area contributed by atoms with Crippen LogP contribution in [0.2, 0.25) is 0 Å². The summed E-state index contributed by atoms with van der Waals surface area (Å²) in [7, 11) is 1.54. The molecule has 3 heterocycles. The Bertz CT molecular complexity index is 2260. The molecule has 0 aliphatic carbocycles. The number of rotatable bonds is 22. The molecule has 0 aromatic heterocycles. The predicted molar refractivity (Wildman–Crippen MR) is 240 cm³/mol. The number of carbonyl (C=O) groups is 4. The van der Waals surface area contributed by atoms with Crippen LogP contribution >= 0.6 is 0 Å². The number of carbonyl (C=O) groups excluding carboxylic acids is 4. The third kappa shape index (κ3) is 12.0. The third-order valence-corrected chi connectivity index (χ3v) is 11.1. The molecule has 0 unspecified atom stereocenters. The lowest BCUT2D eigenvalue weighted by Gasteiger charge is -2.50. The molecule has 7 rings (SSSR count). The highest BCUT2D eigenvalue weighted by Crippen LogP contribution is 2.39. The van der Waals surface area contributed by atoms with E-state index in [4.69, 9.17) is 52.1 Å². The number of esters is 2. The normalized spacial score (nSPS) is 25.7. The second kappa shape index (κ2) is 23.5. The molecule has 0 saturated carbocycles. The molecule has 4 aromatic rings. The van der Waals surface area contributed by atoms with E-state index in [2.05, 4.69) is 13.2 Å². The van der Waals surface area contributed by atoms with Gasteiger partial charge in [0.15, 0.2) is 18.5 Å². The first kappa shape index (κ1) is 48.7. The van der Waals surface area contributed by atoms with Crippen LogP contribution in [-0.2, 0) is 65.4 Å². The highest BCUT2D eigenvalue weighted by molar-refractivity contribution is 6.21. The third-order valence-electron chi connectivity index (χ3n) is 11.1. The zero-order valence-corrected chi connectivity index (χ0v) is 37.5. The summed E-state index contributed by atoms with van der Waals surface area (Å²) < 4.78 is 69.7. The lowest BCUT2D eigenvalue weighted by molar-refractivity contribution is -0.354. The van der Waals surface area contributed by atoms with Crippen molar-refractivity contribution in [3.8, 4) is 11.5 Å². The van der Waals surface area contributed by atoms with Gasteiger partial charge in [-0.05, 0) is 47.5 Å². The van der Waals surface area contributed by atoms with Gasteiger partial charge >= 0.3 is 11.9 Å². The second-order valence-electron chi connectivity index (χ2n) is 15.8. The summed E-state index contributed by atoms with van der Waals surface area (Å²) in [6.07, 6.45) is -8.38. The van der Waals surface area contributed by atoms with Gasteiger partial charge in [-0.15, -0.1) is 13.2 Å². The van der Waals surface area contributed by atoms with E-state index in [0.29, 0.717) is 11.5 Å². The number of benzene rings is 4. The first-order valence-electron chi connectivity index (χ1n) is 21.9. The highest BCUT2D eigenvalue weighted by atomic mass is 16.8. The van der Waals surface area contributed by atoms with Crippen molar-refractivity contribution in [1.82, 2.24) is 4.90 Å². The van der Waals surface area contributed by atoms with E-state index < -0.39 is 85.1 Å². The number of imide groups is 1. The molecule has 354 valence electrons. The van der Waals surface area contributed by atoms with Gasteiger partial charge in [0.05, 0.1) is 57.9 Å². The van der Waals surface area contributed by atoms with Crippen LogP contribution < -0.4 is 9.47 Å². The molecule has 16 nitrogen and oxygen atoms in total. The summed E-state index contributed by atoms with van der Waals surface area (Å²) in [4.78, 5) is 55.9. The molecule has 3 aliphatic rings. The first-order chi connectivity index (χ1) is 32.6. The second-order valence-corrected chi connectivity index (χ2v) is 15.8. The first-order valence-corrected chi connectivity index (χ1v) is 21.9. The van der Waals surface area contributed by atoms with E-state index in [1.54, 1.807) is 54.6 Å². The number of methoxy groups -OCH3 is 1. The van der Waals surface area contributed by atoms with Crippen molar-refractivity contribution in [3.05, 3.63) is 157 Å². The van der Waals surface area contributed by atoms with Crippen LogP contribution in [0.25, 0.3) is 0 Å². The number of amides is 2. The number of nitrogens with zero attached hydrogens (tertiary/aromatic N) is 1. The summed E-state index contributed by atoms with van der Waals surface area (Å²) in [6, 6.07) is 30.7. The Morgan fingerprint density at radius 1 is 0.597 bits per heavy atom. The number of fused-ring (bicyclic) bond motifs is 1. The maximum absolute atomic E-state index is 14.6. The molecule has 0 N–H and O–H groups in total. The van der Waals surface area contributed by atoms with Crippen LogP contribution in [0, 0.1) is 0 Å². The number of ether oxygens (including phenoxy) is 11. The van der Waals surface area contributed by atoms with Crippen LogP contribution in [0.3, 0.4) is 0 Å². The molecular formula is C51H55NO15. The average Bonchev–Trinajstić information content (AvgIpc) is 3.58. The monoisotopic (exact) mass is 921 g/mol. The van der Waals surface area contributed by atoms with Gasteiger partial charge in [-0.3, -0.25) is 24.1 Å². The lowest BCUT2D eigenvalue weighted by atomic mass is 9.93. The van der Waals surface area contributed by atoms with Gasteiger partial charge in [0, 0.05) is 13.8 Å². The lowest BCUT2D eigenvalue weighted by Crippen LogP contribution is -2.70. The Morgan fingerprint density at radius 3 is 1.73 bits per heavy atom. The molecule has 2 saturated heterocycles. The predicted octanol–water partition coefficient (Wildman–Crippen LogP) is 6.01. The van der Waals surface area contributed by atoms with E-state index >= 15 is 0 Å². The summed E-state index contributed by atoms with van der Waals surface area (Å²) in [5.74, 6) is -1.73. The molecule has 4 aromatic carbocycles. The standard InChI is InChI=1S/C51H55NO15/c1-6-26-58-30-40-44(62-32(3)53)46(60-27-7-2)47(63-33(4)54)51(66-40)67-43-41(31-59-28-34-16-10-8-11-17-34)65-50(64-37-24-22-36(57-5)23-25-37)42(45(43)61-29-35-18-12-9-13-19-35)52-48(55)38-20-14-15-21-39(38)49(52)56/h6-25,40-47,50-51H,1-2,26-31H2,3-5H3/t40-,41-,42-,43-,44+,45-,46+,47-,50-,51+/m1/s1. The maximum Gasteiger partial charge on any atom is 0.303 e. The average molecular weight is 922 g/mol. The maximum atomic E-state index is 14.6. The van der Waals surface area contributed by atoms with Crippen molar-refractivity contribution in [3.63, 3.8) is 0 Å². The Labute approximate surface area is 389 Å². The van der Waals surface area contributed by atoms with Crippen molar-refractivity contribution in [2.24, 2.45) is 0 Å². The quantitative estimate of drug-likeness (QED) is 0.0388. The topological polar surface area (TPSA) is 173 Å². The van der Waals surface area contributed by atoms with E-state index in [9.17, 15) is 19.2 Å².